The number of benzene rings is 1. The highest BCUT2D eigenvalue weighted by Crippen LogP contribution is 2.34. The molecule has 0 unspecified atom stereocenters. The Hall–Kier alpha value is -1.92. The standard InChI is InChI=1S/C13H11Cl2N3O2/c1-19-2-3-20-13-5-12(10(14)4-11(13)15)18-8-9(6-16)7-17/h4-5,8,18H,2-3H2,1H3. The van der Waals surface area contributed by atoms with Crippen LogP contribution in [0.1, 0.15) is 0 Å². The molecule has 1 aromatic rings. The van der Waals surface area contributed by atoms with Crippen molar-refractivity contribution in [1.82, 2.24) is 0 Å². The van der Waals surface area contributed by atoms with E-state index in [1.54, 1.807) is 25.3 Å². The zero-order valence-electron chi connectivity index (χ0n) is 10.6. The molecular weight excluding hydrogens is 301 g/mol. The number of halogens is 2. The first-order valence-corrected chi connectivity index (χ1v) is 6.25. The molecule has 5 nitrogen and oxygen atoms in total. The third-order valence-corrected chi connectivity index (χ3v) is 2.79. The fourth-order valence-electron chi connectivity index (χ4n) is 1.22. The number of nitriles is 2. The molecular formula is C13H11Cl2N3O2. The molecule has 104 valence electrons. The van der Waals surface area contributed by atoms with Gasteiger partial charge in [-0.05, 0) is 6.07 Å². The van der Waals surface area contributed by atoms with Gasteiger partial charge in [-0.2, -0.15) is 10.5 Å². The summed E-state index contributed by atoms with van der Waals surface area (Å²) in [5.74, 6) is 0.430. The van der Waals surface area contributed by atoms with Gasteiger partial charge >= 0.3 is 0 Å². The minimum atomic E-state index is -0.0714. The molecule has 0 spiro atoms. The number of hydrogen-bond donors (Lipinski definition) is 1. The van der Waals surface area contributed by atoms with E-state index in [0.717, 1.165) is 0 Å². The van der Waals surface area contributed by atoms with Crippen LogP contribution in [-0.4, -0.2) is 20.3 Å². The van der Waals surface area contributed by atoms with Crippen LogP contribution < -0.4 is 10.1 Å². The van der Waals surface area contributed by atoms with Crippen LogP contribution in [0.5, 0.6) is 5.75 Å². The summed E-state index contributed by atoms with van der Waals surface area (Å²) < 4.78 is 10.3. The molecule has 0 aliphatic heterocycles. The van der Waals surface area contributed by atoms with Gasteiger partial charge < -0.3 is 14.8 Å². The number of methoxy groups -OCH3 is 1. The Balaban J connectivity index is 2.92. The normalized spacial score (nSPS) is 9.25. The molecule has 7 heteroatoms. The van der Waals surface area contributed by atoms with Crippen molar-refractivity contribution in [3.05, 3.63) is 34.0 Å². The van der Waals surface area contributed by atoms with Gasteiger partial charge in [-0.15, -0.1) is 0 Å². The number of nitrogens with zero attached hydrogens (tertiary/aromatic N) is 2. The maximum atomic E-state index is 8.64. The van der Waals surface area contributed by atoms with E-state index in [1.807, 2.05) is 0 Å². The lowest BCUT2D eigenvalue weighted by atomic mass is 10.3. The lowest BCUT2D eigenvalue weighted by Crippen LogP contribution is -2.05. The summed E-state index contributed by atoms with van der Waals surface area (Å²) in [5.41, 5.74) is 0.407. The van der Waals surface area contributed by atoms with Crippen LogP contribution in [0, 0.1) is 22.7 Å². The van der Waals surface area contributed by atoms with E-state index < -0.39 is 0 Å². The largest absolute Gasteiger partial charge is 0.490 e. The molecule has 0 aromatic heterocycles. The minimum absolute atomic E-state index is 0.0714. The Labute approximate surface area is 126 Å². The Bertz CT molecular complexity index is 573. The van der Waals surface area contributed by atoms with Crippen molar-refractivity contribution in [2.75, 3.05) is 25.6 Å². The van der Waals surface area contributed by atoms with Gasteiger partial charge in [0.1, 0.15) is 30.1 Å². The van der Waals surface area contributed by atoms with Crippen LogP contribution >= 0.6 is 23.2 Å². The number of anilines is 1. The highest BCUT2D eigenvalue weighted by Gasteiger charge is 2.08. The van der Waals surface area contributed by atoms with Crippen LogP contribution in [0.2, 0.25) is 10.0 Å². The highest BCUT2D eigenvalue weighted by molar-refractivity contribution is 6.37. The Morgan fingerprint density at radius 1 is 1.25 bits per heavy atom. The van der Waals surface area contributed by atoms with Gasteiger partial charge in [0.25, 0.3) is 0 Å². The fourth-order valence-corrected chi connectivity index (χ4v) is 1.72. The van der Waals surface area contributed by atoms with Crippen molar-refractivity contribution in [3.63, 3.8) is 0 Å². The van der Waals surface area contributed by atoms with E-state index in [-0.39, 0.29) is 5.57 Å². The zero-order chi connectivity index (χ0) is 15.0. The van der Waals surface area contributed by atoms with E-state index >= 15 is 0 Å². The Morgan fingerprint density at radius 3 is 2.55 bits per heavy atom. The second-order valence-corrected chi connectivity index (χ2v) is 4.34. The van der Waals surface area contributed by atoms with Gasteiger partial charge in [0.05, 0.1) is 22.3 Å². The first kappa shape index (κ1) is 16.1. The van der Waals surface area contributed by atoms with Gasteiger partial charge in [-0.25, -0.2) is 0 Å². The average Bonchev–Trinajstić information content (AvgIpc) is 2.44. The topological polar surface area (TPSA) is 78.1 Å². The van der Waals surface area contributed by atoms with E-state index in [1.165, 1.54) is 12.3 Å². The van der Waals surface area contributed by atoms with Crippen molar-refractivity contribution < 1.29 is 9.47 Å². The first-order chi connectivity index (χ1) is 9.62. The summed E-state index contributed by atoms with van der Waals surface area (Å²) in [6, 6.07) is 6.56. The van der Waals surface area contributed by atoms with E-state index in [2.05, 4.69) is 5.32 Å². The molecule has 0 saturated heterocycles. The lowest BCUT2D eigenvalue weighted by Gasteiger charge is -2.11. The molecule has 1 rings (SSSR count). The molecule has 1 N–H and O–H groups in total. The average molecular weight is 312 g/mol. The summed E-state index contributed by atoms with van der Waals surface area (Å²) in [5, 5.41) is 20.8. The van der Waals surface area contributed by atoms with Crippen LogP contribution in [0.4, 0.5) is 5.69 Å². The molecule has 0 aliphatic carbocycles. The smallest absolute Gasteiger partial charge is 0.145 e. The SMILES string of the molecule is COCCOc1cc(NC=C(C#N)C#N)c(Cl)cc1Cl. The summed E-state index contributed by atoms with van der Waals surface area (Å²) in [6.07, 6.45) is 1.26. The van der Waals surface area contributed by atoms with Crippen LogP contribution in [0.25, 0.3) is 0 Å². The van der Waals surface area contributed by atoms with Crippen molar-refractivity contribution in [3.8, 4) is 17.9 Å². The Morgan fingerprint density at radius 2 is 1.95 bits per heavy atom. The second-order valence-electron chi connectivity index (χ2n) is 3.53. The predicted molar refractivity (Wildman–Crippen MR) is 76.8 cm³/mol. The molecule has 0 fully saturated rings. The number of allylic oxidation sites excluding steroid dienone is 1. The summed E-state index contributed by atoms with van der Waals surface area (Å²) in [6.45, 7) is 0.767. The maximum absolute atomic E-state index is 8.64. The van der Waals surface area contributed by atoms with Crippen LogP contribution in [-0.2, 0) is 4.74 Å². The fraction of sp³-hybridized carbons (Fsp3) is 0.231. The molecule has 0 atom stereocenters. The highest BCUT2D eigenvalue weighted by atomic mass is 35.5. The molecule has 0 saturated carbocycles. The summed E-state index contributed by atoms with van der Waals surface area (Å²) in [7, 11) is 1.57. The number of hydrogen-bond acceptors (Lipinski definition) is 5. The number of rotatable bonds is 6. The predicted octanol–water partition coefficient (Wildman–Crippen LogP) is 3.36. The second kappa shape index (κ2) is 8.29. The summed E-state index contributed by atoms with van der Waals surface area (Å²) >= 11 is 12.0. The van der Waals surface area contributed by atoms with Crippen molar-refractivity contribution >= 4 is 28.9 Å². The van der Waals surface area contributed by atoms with Crippen LogP contribution in [0.3, 0.4) is 0 Å². The quantitative estimate of drug-likeness (QED) is 0.643. The summed E-state index contributed by atoms with van der Waals surface area (Å²) in [4.78, 5) is 0. The minimum Gasteiger partial charge on any atom is -0.490 e. The van der Waals surface area contributed by atoms with Crippen molar-refractivity contribution in [2.24, 2.45) is 0 Å². The van der Waals surface area contributed by atoms with Gasteiger partial charge in [0.15, 0.2) is 0 Å². The van der Waals surface area contributed by atoms with E-state index in [0.29, 0.717) is 34.7 Å². The molecule has 0 aliphatic rings. The van der Waals surface area contributed by atoms with E-state index in [4.69, 9.17) is 43.2 Å². The molecule has 0 bridgehead atoms. The molecule has 0 heterocycles. The van der Waals surface area contributed by atoms with E-state index in [9.17, 15) is 0 Å². The first-order valence-electron chi connectivity index (χ1n) is 5.50. The van der Waals surface area contributed by atoms with Gasteiger partial charge in [-0.3, -0.25) is 0 Å². The molecule has 0 radical (unpaired) electrons. The van der Waals surface area contributed by atoms with Crippen molar-refractivity contribution in [1.29, 1.82) is 10.5 Å². The third kappa shape index (κ3) is 4.64. The Kier molecular flexibility index (Phi) is 6.69. The number of nitrogens with one attached hydrogen (secondary N) is 1. The van der Waals surface area contributed by atoms with Gasteiger partial charge in [0.2, 0.25) is 0 Å². The molecule has 20 heavy (non-hydrogen) atoms. The maximum Gasteiger partial charge on any atom is 0.145 e. The van der Waals surface area contributed by atoms with Gasteiger partial charge in [-0.1, -0.05) is 23.2 Å². The lowest BCUT2D eigenvalue weighted by molar-refractivity contribution is 0.146. The molecule has 0 amide bonds. The van der Waals surface area contributed by atoms with Gasteiger partial charge in [0, 0.05) is 19.4 Å². The van der Waals surface area contributed by atoms with Crippen molar-refractivity contribution in [2.45, 2.75) is 0 Å². The third-order valence-electron chi connectivity index (χ3n) is 2.18. The monoisotopic (exact) mass is 311 g/mol. The molecule has 1 aromatic carbocycles. The zero-order valence-corrected chi connectivity index (χ0v) is 12.1. The number of ether oxygens (including phenoxy) is 2. The van der Waals surface area contributed by atoms with Crippen LogP contribution in [0.15, 0.2) is 23.9 Å².